The zero-order chi connectivity index (χ0) is 14.7. The molecule has 0 bridgehead atoms. The number of allylic oxidation sites excluding steroid dienone is 2. The van der Waals surface area contributed by atoms with Gasteiger partial charge in [-0.05, 0) is 32.1 Å². The second-order valence-corrected chi connectivity index (χ2v) is 6.24. The van der Waals surface area contributed by atoms with Crippen LogP contribution in [0.25, 0.3) is 0 Å². The molecule has 0 amide bonds. The lowest BCUT2D eigenvalue weighted by molar-refractivity contribution is -0.153. The van der Waals surface area contributed by atoms with E-state index in [0.717, 1.165) is 38.5 Å². The molecule has 0 aromatic carbocycles. The molecule has 5 atom stereocenters. The fraction of sp³-hybridized carbons (Fsp3) is 0.722. The Kier molecular flexibility index (Phi) is 4.65. The van der Waals surface area contributed by atoms with Crippen LogP contribution in [-0.4, -0.2) is 24.3 Å². The molecule has 3 rings (SSSR count). The van der Waals surface area contributed by atoms with E-state index in [-0.39, 0.29) is 24.1 Å². The predicted octanol–water partition coefficient (Wildman–Crippen LogP) is 3.24. The largest absolute Gasteiger partial charge is 0.462 e. The van der Waals surface area contributed by atoms with Gasteiger partial charge in [-0.15, -0.1) is 0 Å². The van der Waals surface area contributed by atoms with Crippen molar-refractivity contribution in [2.75, 3.05) is 0 Å². The van der Waals surface area contributed by atoms with Crippen LogP contribution in [0.15, 0.2) is 12.2 Å². The van der Waals surface area contributed by atoms with Crippen LogP contribution in [0.5, 0.6) is 0 Å². The fourth-order valence-corrected chi connectivity index (χ4v) is 3.56. The number of rotatable bonds is 1. The monoisotopic (exact) mass is 288 g/mol. The summed E-state index contributed by atoms with van der Waals surface area (Å²) >= 11 is 0. The predicted molar refractivity (Wildman–Crippen MR) is 80.4 cm³/mol. The number of carbonyl (C=O) groups excluding carboxylic acids is 1. The molecule has 3 heteroatoms. The molecule has 3 aliphatic rings. The van der Waals surface area contributed by atoms with Crippen LogP contribution in [-0.2, 0) is 14.3 Å². The molecule has 2 aliphatic heterocycles. The van der Waals surface area contributed by atoms with Crippen LogP contribution in [0.2, 0.25) is 0 Å². The SMILES string of the molecule is CC[C@@H]1OC(=O)CCCC/C=C\CC#C[C@H]2[C@H]1C[C@@H]1O[C@H]21. The molecule has 0 N–H and O–H groups in total. The van der Waals surface area contributed by atoms with Crippen LogP contribution in [0, 0.1) is 23.7 Å². The number of carbonyl (C=O) groups is 1. The zero-order valence-electron chi connectivity index (χ0n) is 12.7. The first-order valence-electron chi connectivity index (χ1n) is 8.28. The van der Waals surface area contributed by atoms with Crippen molar-refractivity contribution in [3.8, 4) is 11.8 Å². The molecule has 2 heterocycles. The third-order valence-corrected chi connectivity index (χ3v) is 4.76. The normalized spacial score (nSPS) is 40.8. The Hall–Kier alpha value is -1.27. The highest BCUT2D eigenvalue weighted by molar-refractivity contribution is 5.69. The molecular formula is C18H24O3. The van der Waals surface area contributed by atoms with Crippen molar-refractivity contribution < 1.29 is 14.3 Å². The summed E-state index contributed by atoms with van der Waals surface area (Å²) in [5.74, 6) is 7.20. The van der Waals surface area contributed by atoms with E-state index in [4.69, 9.17) is 9.47 Å². The lowest BCUT2D eigenvalue weighted by Gasteiger charge is -2.27. The van der Waals surface area contributed by atoms with Crippen LogP contribution in [0.4, 0.5) is 0 Å². The van der Waals surface area contributed by atoms with Gasteiger partial charge in [0, 0.05) is 18.8 Å². The molecule has 114 valence electrons. The van der Waals surface area contributed by atoms with Gasteiger partial charge in [-0.1, -0.05) is 30.9 Å². The number of fused-ring (bicyclic) bond motifs is 3. The molecule has 1 aliphatic carbocycles. The molecule has 0 unspecified atom stereocenters. The van der Waals surface area contributed by atoms with Crippen molar-refractivity contribution in [3.63, 3.8) is 0 Å². The second kappa shape index (κ2) is 6.66. The van der Waals surface area contributed by atoms with E-state index in [1.54, 1.807) is 0 Å². The highest BCUT2D eigenvalue weighted by atomic mass is 16.6. The third-order valence-electron chi connectivity index (χ3n) is 4.76. The second-order valence-electron chi connectivity index (χ2n) is 6.24. The van der Waals surface area contributed by atoms with Crippen molar-refractivity contribution in [1.29, 1.82) is 0 Å². The van der Waals surface area contributed by atoms with Gasteiger partial charge in [0.05, 0.1) is 18.1 Å². The summed E-state index contributed by atoms with van der Waals surface area (Å²) in [4.78, 5) is 12.0. The number of epoxide rings is 1. The first kappa shape index (κ1) is 14.7. The summed E-state index contributed by atoms with van der Waals surface area (Å²) in [5.41, 5.74) is 0. The molecule has 0 aromatic rings. The molecule has 0 aromatic heterocycles. The van der Waals surface area contributed by atoms with Crippen molar-refractivity contribution >= 4 is 5.97 Å². The van der Waals surface area contributed by atoms with Gasteiger partial charge in [-0.3, -0.25) is 4.79 Å². The first-order valence-corrected chi connectivity index (χ1v) is 8.28. The molecule has 0 radical (unpaired) electrons. The standard InChI is InChI=1S/C18H24O3/c1-2-15-14-12-16-18(21-16)13(14)10-8-6-4-3-5-7-9-11-17(19)20-15/h3-4,13-16,18H,2,5-7,9,11-12H2,1H3/b4-3-/t13-,14+,15-,16-,18+/m0/s1. The van der Waals surface area contributed by atoms with E-state index in [1.165, 1.54) is 0 Å². The van der Waals surface area contributed by atoms with E-state index in [0.29, 0.717) is 18.4 Å². The highest BCUT2D eigenvalue weighted by Gasteiger charge is 2.57. The summed E-state index contributed by atoms with van der Waals surface area (Å²) < 4.78 is 11.4. The minimum absolute atomic E-state index is 0.00619. The quantitative estimate of drug-likeness (QED) is 0.322. The molecule has 2 fully saturated rings. The lowest BCUT2D eigenvalue weighted by atomic mass is 9.88. The number of hydrogen-bond donors (Lipinski definition) is 0. The lowest BCUT2D eigenvalue weighted by Crippen LogP contribution is -2.31. The van der Waals surface area contributed by atoms with E-state index in [1.807, 2.05) is 0 Å². The maximum absolute atomic E-state index is 12.0. The van der Waals surface area contributed by atoms with Gasteiger partial charge in [-0.2, -0.15) is 0 Å². The van der Waals surface area contributed by atoms with Crippen molar-refractivity contribution in [1.82, 2.24) is 0 Å². The summed E-state index contributed by atoms with van der Waals surface area (Å²) in [6, 6.07) is 0. The van der Waals surface area contributed by atoms with Gasteiger partial charge in [0.15, 0.2) is 0 Å². The van der Waals surface area contributed by atoms with Crippen LogP contribution in [0.1, 0.15) is 51.9 Å². The van der Waals surface area contributed by atoms with E-state index in [2.05, 4.69) is 30.9 Å². The molecule has 0 spiro atoms. The summed E-state index contributed by atoms with van der Waals surface area (Å²) in [7, 11) is 0. The van der Waals surface area contributed by atoms with Gasteiger partial charge in [0.1, 0.15) is 6.10 Å². The number of cyclic esters (lactones) is 1. The summed E-state index contributed by atoms with van der Waals surface area (Å²) in [6.45, 7) is 2.10. The number of hydrogen-bond acceptors (Lipinski definition) is 3. The maximum atomic E-state index is 12.0. The Morgan fingerprint density at radius 2 is 2.24 bits per heavy atom. The Morgan fingerprint density at radius 3 is 3.10 bits per heavy atom. The minimum atomic E-state index is -0.0453. The molecule has 1 saturated carbocycles. The Bertz CT molecular complexity index is 471. The van der Waals surface area contributed by atoms with E-state index in [9.17, 15) is 4.79 Å². The van der Waals surface area contributed by atoms with Crippen LogP contribution < -0.4 is 0 Å². The van der Waals surface area contributed by atoms with Crippen LogP contribution >= 0.6 is 0 Å². The smallest absolute Gasteiger partial charge is 0.306 e. The van der Waals surface area contributed by atoms with Crippen molar-refractivity contribution in [2.45, 2.75) is 70.2 Å². The molecular weight excluding hydrogens is 264 g/mol. The van der Waals surface area contributed by atoms with Gasteiger partial charge in [-0.25, -0.2) is 0 Å². The van der Waals surface area contributed by atoms with Crippen molar-refractivity contribution in [2.24, 2.45) is 11.8 Å². The van der Waals surface area contributed by atoms with E-state index < -0.39 is 0 Å². The summed E-state index contributed by atoms with van der Waals surface area (Å²) in [5, 5.41) is 0. The van der Waals surface area contributed by atoms with Gasteiger partial charge in [0.2, 0.25) is 0 Å². The molecule has 3 nitrogen and oxygen atoms in total. The zero-order valence-corrected chi connectivity index (χ0v) is 12.7. The van der Waals surface area contributed by atoms with Gasteiger partial charge >= 0.3 is 5.97 Å². The number of ether oxygens (including phenoxy) is 2. The Morgan fingerprint density at radius 1 is 1.33 bits per heavy atom. The average molecular weight is 288 g/mol. The fourth-order valence-electron chi connectivity index (χ4n) is 3.56. The van der Waals surface area contributed by atoms with Gasteiger partial charge in [0.25, 0.3) is 0 Å². The Labute approximate surface area is 127 Å². The number of esters is 1. The topological polar surface area (TPSA) is 38.8 Å². The summed E-state index contributed by atoms with van der Waals surface area (Å²) in [6.07, 6.45) is 11.1. The maximum Gasteiger partial charge on any atom is 0.306 e. The molecule has 21 heavy (non-hydrogen) atoms. The van der Waals surface area contributed by atoms with Crippen LogP contribution in [0.3, 0.4) is 0 Å². The Balaban J connectivity index is 1.74. The third kappa shape index (κ3) is 3.49. The average Bonchev–Trinajstić information content (AvgIpc) is 3.16. The van der Waals surface area contributed by atoms with Gasteiger partial charge < -0.3 is 9.47 Å². The minimum Gasteiger partial charge on any atom is -0.462 e. The molecule has 1 saturated heterocycles. The van der Waals surface area contributed by atoms with E-state index >= 15 is 0 Å². The first-order chi connectivity index (χ1) is 10.3. The van der Waals surface area contributed by atoms with Crippen molar-refractivity contribution in [3.05, 3.63) is 12.2 Å². The highest BCUT2D eigenvalue weighted by Crippen LogP contribution is 2.49.